The minimum Gasteiger partial charge on any atom is -0.352 e. The highest BCUT2D eigenvalue weighted by Gasteiger charge is 2.23. The van der Waals surface area contributed by atoms with Crippen molar-refractivity contribution in [3.05, 3.63) is 28.8 Å². The van der Waals surface area contributed by atoms with Crippen molar-refractivity contribution in [2.75, 3.05) is 17.1 Å². The Morgan fingerprint density at radius 3 is 2.57 bits per heavy atom. The van der Waals surface area contributed by atoms with Crippen molar-refractivity contribution < 1.29 is 13.2 Å². The first-order valence-electron chi connectivity index (χ1n) is 6.69. The molecule has 0 fully saturated rings. The molecule has 118 valence electrons. The van der Waals surface area contributed by atoms with Gasteiger partial charge >= 0.3 is 0 Å². The van der Waals surface area contributed by atoms with Gasteiger partial charge < -0.3 is 5.32 Å². The molecule has 0 aliphatic rings. The molecule has 7 heteroatoms. The maximum Gasteiger partial charge on any atom is 0.240 e. The average molecular weight is 333 g/mol. The van der Waals surface area contributed by atoms with Crippen LogP contribution in [0.4, 0.5) is 5.69 Å². The minimum atomic E-state index is -3.58. The van der Waals surface area contributed by atoms with E-state index >= 15 is 0 Å². The van der Waals surface area contributed by atoms with E-state index in [1.54, 1.807) is 25.1 Å². The molecule has 0 aliphatic heterocycles. The zero-order valence-corrected chi connectivity index (χ0v) is 14.3. The van der Waals surface area contributed by atoms with Gasteiger partial charge in [0, 0.05) is 11.1 Å². The molecule has 0 radical (unpaired) electrons. The Balaban J connectivity index is 3.09. The number of sulfonamides is 1. The summed E-state index contributed by atoms with van der Waals surface area (Å²) >= 11 is 6.03. The number of anilines is 1. The third-order valence-corrected chi connectivity index (χ3v) is 4.75. The monoisotopic (exact) mass is 332 g/mol. The summed E-state index contributed by atoms with van der Waals surface area (Å²) in [6, 6.07) is 4.98. The lowest BCUT2D eigenvalue weighted by atomic mass is 10.2. The highest BCUT2D eigenvalue weighted by molar-refractivity contribution is 7.92. The predicted octanol–water partition coefficient (Wildman–Crippen LogP) is 2.33. The topological polar surface area (TPSA) is 66.5 Å². The van der Waals surface area contributed by atoms with Crippen LogP contribution in [-0.2, 0) is 14.8 Å². The third-order valence-electron chi connectivity index (χ3n) is 3.22. The number of hydrogen-bond acceptors (Lipinski definition) is 3. The fraction of sp³-hybridized carbons (Fsp3) is 0.500. The number of halogens is 1. The molecule has 21 heavy (non-hydrogen) atoms. The lowest BCUT2D eigenvalue weighted by molar-refractivity contribution is -0.120. The van der Waals surface area contributed by atoms with E-state index in [0.717, 1.165) is 17.0 Å². The fourth-order valence-corrected chi connectivity index (χ4v) is 2.88. The third kappa shape index (κ3) is 4.89. The Morgan fingerprint density at radius 1 is 1.43 bits per heavy atom. The Bertz CT molecular complexity index is 617. The molecule has 1 N–H and O–H groups in total. The Morgan fingerprint density at radius 2 is 2.05 bits per heavy atom. The number of carbonyl (C=O) groups is 1. The van der Waals surface area contributed by atoms with Gasteiger partial charge in [-0.15, -0.1) is 0 Å². The maximum atomic E-state index is 12.0. The van der Waals surface area contributed by atoms with Gasteiger partial charge in [-0.2, -0.15) is 0 Å². The molecule has 0 saturated carbocycles. The first-order chi connectivity index (χ1) is 9.66. The Hall–Kier alpha value is -1.27. The summed E-state index contributed by atoms with van der Waals surface area (Å²) in [5.41, 5.74) is 1.05. The molecule has 1 aromatic rings. The quantitative estimate of drug-likeness (QED) is 0.869. The number of hydrogen-bond donors (Lipinski definition) is 1. The SMILES string of the molecule is CC[C@H](C)NC(=O)CN(c1cccc(Cl)c1C)S(C)(=O)=O. The molecule has 0 aliphatic carbocycles. The van der Waals surface area contributed by atoms with Crippen molar-refractivity contribution in [1.29, 1.82) is 0 Å². The van der Waals surface area contributed by atoms with E-state index in [-0.39, 0.29) is 18.5 Å². The van der Waals surface area contributed by atoms with Gasteiger partial charge in [-0.25, -0.2) is 8.42 Å². The van der Waals surface area contributed by atoms with Crippen molar-refractivity contribution in [2.45, 2.75) is 33.2 Å². The molecule has 1 atom stereocenters. The van der Waals surface area contributed by atoms with Crippen LogP contribution in [0, 0.1) is 6.92 Å². The van der Waals surface area contributed by atoms with Crippen molar-refractivity contribution in [2.24, 2.45) is 0 Å². The van der Waals surface area contributed by atoms with Gasteiger partial charge in [0.2, 0.25) is 15.9 Å². The van der Waals surface area contributed by atoms with Gasteiger partial charge in [0.15, 0.2) is 0 Å². The van der Waals surface area contributed by atoms with Crippen LogP contribution in [0.25, 0.3) is 0 Å². The van der Waals surface area contributed by atoms with Crippen molar-refractivity contribution in [3.63, 3.8) is 0 Å². The molecular formula is C14H21ClN2O3S. The van der Waals surface area contributed by atoms with E-state index in [4.69, 9.17) is 11.6 Å². The van der Waals surface area contributed by atoms with Crippen LogP contribution in [0.2, 0.25) is 5.02 Å². The lowest BCUT2D eigenvalue weighted by Gasteiger charge is -2.24. The summed E-state index contributed by atoms with van der Waals surface area (Å²) < 4.78 is 25.1. The molecule has 5 nitrogen and oxygen atoms in total. The van der Waals surface area contributed by atoms with E-state index in [1.165, 1.54) is 0 Å². The number of nitrogens with one attached hydrogen (secondary N) is 1. The van der Waals surface area contributed by atoms with Crippen LogP contribution in [0.1, 0.15) is 25.8 Å². The summed E-state index contributed by atoms with van der Waals surface area (Å²) in [7, 11) is -3.58. The smallest absolute Gasteiger partial charge is 0.240 e. The van der Waals surface area contributed by atoms with E-state index in [9.17, 15) is 13.2 Å². The zero-order chi connectivity index (χ0) is 16.2. The summed E-state index contributed by atoms with van der Waals surface area (Å²) in [5, 5.41) is 3.22. The van der Waals surface area contributed by atoms with Crippen LogP contribution in [0.15, 0.2) is 18.2 Å². The molecule has 0 heterocycles. The van der Waals surface area contributed by atoms with Gasteiger partial charge in [-0.05, 0) is 38.0 Å². The average Bonchev–Trinajstić information content (AvgIpc) is 2.38. The lowest BCUT2D eigenvalue weighted by Crippen LogP contribution is -2.43. The fourth-order valence-electron chi connectivity index (χ4n) is 1.80. The number of amides is 1. The summed E-state index contributed by atoms with van der Waals surface area (Å²) in [6.45, 7) is 5.28. The molecule has 0 unspecified atom stereocenters. The van der Waals surface area contributed by atoms with Crippen LogP contribution < -0.4 is 9.62 Å². The number of carbonyl (C=O) groups excluding carboxylic acids is 1. The van der Waals surface area contributed by atoms with Gasteiger partial charge in [-0.1, -0.05) is 24.6 Å². The molecular weight excluding hydrogens is 312 g/mol. The van der Waals surface area contributed by atoms with Crippen molar-refractivity contribution in [1.82, 2.24) is 5.32 Å². The Kier molecular flexibility index (Phi) is 6.04. The molecule has 0 bridgehead atoms. The highest BCUT2D eigenvalue weighted by atomic mass is 35.5. The van der Waals surface area contributed by atoms with Crippen LogP contribution in [-0.4, -0.2) is 33.2 Å². The van der Waals surface area contributed by atoms with Crippen molar-refractivity contribution in [3.8, 4) is 0 Å². The van der Waals surface area contributed by atoms with Gasteiger partial charge in [0.05, 0.1) is 11.9 Å². The molecule has 0 saturated heterocycles. The largest absolute Gasteiger partial charge is 0.352 e. The molecule has 1 aromatic carbocycles. The van der Waals surface area contributed by atoms with Gasteiger partial charge in [-0.3, -0.25) is 9.10 Å². The maximum absolute atomic E-state index is 12.0. The summed E-state index contributed by atoms with van der Waals surface area (Å²) in [4.78, 5) is 12.0. The minimum absolute atomic E-state index is 0.000585. The van der Waals surface area contributed by atoms with E-state index in [1.807, 2.05) is 13.8 Å². The second-order valence-electron chi connectivity index (χ2n) is 5.03. The second-order valence-corrected chi connectivity index (χ2v) is 7.34. The van der Waals surface area contributed by atoms with Gasteiger partial charge in [0.25, 0.3) is 0 Å². The van der Waals surface area contributed by atoms with Crippen molar-refractivity contribution >= 4 is 33.2 Å². The normalized spacial score (nSPS) is 12.8. The Labute approximate surface area is 131 Å². The number of benzene rings is 1. The van der Waals surface area contributed by atoms with Gasteiger partial charge in [0.1, 0.15) is 6.54 Å². The summed E-state index contributed by atoms with van der Waals surface area (Å²) in [6.07, 6.45) is 1.85. The number of rotatable bonds is 6. The highest BCUT2D eigenvalue weighted by Crippen LogP contribution is 2.27. The van der Waals surface area contributed by atoms with E-state index in [0.29, 0.717) is 16.3 Å². The van der Waals surface area contributed by atoms with Crippen LogP contribution in [0.3, 0.4) is 0 Å². The molecule has 0 spiro atoms. The standard InChI is InChI=1S/C14H21ClN2O3S/c1-5-10(2)16-14(18)9-17(21(4,19)20)13-8-6-7-12(15)11(13)3/h6-8,10H,5,9H2,1-4H3,(H,16,18)/t10-/m0/s1. The number of nitrogens with zero attached hydrogens (tertiary/aromatic N) is 1. The molecule has 0 aromatic heterocycles. The first-order valence-corrected chi connectivity index (χ1v) is 8.91. The van der Waals surface area contributed by atoms with Crippen LogP contribution in [0.5, 0.6) is 0 Å². The molecule has 1 rings (SSSR count). The first kappa shape index (κ1) is 17.8. The van der Waals surface area contributed by atoms with E-state index in [2.05, 4.69) is 5.32 Å². The van der Waals surface area contributed by atoms with E-state index < -0.39 is 10.0 Å². The zero-order valence-electron chi connectivity index (χ0n) is 12.7. The molecule has 1 amide bonds. The summed E-state index contributed by atoms with van der Waals surface area (Å²) in [5.74, 6) is -0.339. The second kappa shape index (κ2) is 7.13. The van der Waals surface area contributed by atoms with Crippen LogP contribution >= 0.6 is 11.6 Å². The predicted molar refractivity (Wildman–Crippen MR) is 86.3 cm³/mol.